The van der Waals surface area contributed by atoms with Gasteiger partial charge >= 0.3 is 13.6 Å². The predicted molar refractivity (Wildman–Crippen MR) is 98.8 cm³/mol. The molecule has 1 aliphatic rings. The molecule has 1 N–H and O–H groups in total. The molecule has 2 rings (SSSR count). The highest BCUT2D eigenvalue weighted by Crippen LogP contribution is 2.26. The highest BCUT2D eigenvalue weighted by molar-refractivity contribution is 6.47. The van der Waals surface area contributed by atoms with Crippen LogP contribution in [0.4, 0.5) is 4.79 Å². The van der Waals surface area contributed by atoms with Gasteiger partial charge in [-0.1, -0.05) is 18.2 Å². The van der Waals surface area contributed by atoms with Gasteiger partial charge in [-0.05, 0) is 65.1 Å². The van der Waals surface area contributed by atoms with Crippen molar-refractivity contribution in [1.29, 1.82) is 0 Å². The first-order chi connectivity index (χ1) is 11.3. The van der Waals surface area contributed by atoms with Crippen LogP contribution in [0.15, 0.2) is 18.2 Å². The maximum Gasteiger partial charge on any atom is 0.410 e. The van der Waals surface area contributed by atoms with Crippen LogP contribution in [0.2, 0.25) is 0 Å². The van der Waals surface area contributed by atoms with Gasteiger partial charge in [0, 0.05) is 13.1 Å². The van der Waals surface area contributed by atoms with Gasteiger partial charge in [-0.3, -0.25) is 4.90 Å². The minimum atomic E-state index is -0.982. The molecule has 0 saturated carbocycles. The van der Waals surface area contributed by atoms with E-state index in [1.165, 1.54) is 0 Å². The Balaban J connectivity index is 2.10. The van der Waals surface area contributed by atoms with E-state index in [4.69, 9.17) is 9.39 Å². The Morgan fingerprint density at radius 2 is 1.76 bits per heavy atom. The number of carbonyl (C=O) groups excluding carboxylic acids is 1. The molecular weight excluding hydrogens is 317 g/mol. The summed E-state index contributed by atoms with van der Waals surface area (Å²) in [6.07, 6.45) is -0.313. The van der Waals surface area contributed by atoms with Crippen LogP contribution in [0.1, 0.15) is 59.6 Å². The molecule has 0 aromatic heterocycles. The van der Waals surface area contributed by atoms with Crippen LogP contribution in [0.25, 0.3) is 0 Å². The number of aliphatic hydroxyl groups is 1. The normalized spacial score (nSPS) is 15.1. The Hall–Kier alpha value is -1.53. The van der Waals surface area contributed by atoms with Gasteiger partial charge in [-0.15, -0.1) is 0 Å². The van der Waals surface area contributed by atoms with Gasteiger partial charge in [0.05, 0.1) is 11.2 Å². The number of rotatable bonds is 4. The number of nitrogens with zero attached hydrogens (tertiary/aromatic N) is 1. The van der Waals surface area contributed by atoms with Gasteiger partial charge < -0.3 is 14.5 Å². The van der Waals surface area contributed by atoms with Crippen LogP contribution in [-0.4, -0.2) is 40.4 Å². The third kappa shape index (κ3) is 4.76. The van der Waals surface area contributed by atoms with Crippen molar-refractivity contribution < 1.29 is 19.3 Å². The predicted octanol–water partition coefficient (Wildman–Crippen LogP) is 2.75. The summed E-state index contributed by atoms with van der Waals surface area (Å²) in [5.41, 5.74) is 0.828. The first kappa shape index (κ1) is 19.8. The quantitative estimate of drug-likeness (QED) is 0.852. The van der Waals surface area contributed by atoms with Crippen molar-refractivity contribution >= 4 is 19.0 Å². The highest BCUT2D eigenvalue weighted by atomic mass is 16.6. The molecule has 1 heterocycles. The van der Waals surface area contributed by atoms with E-state index < -0.39 is 16.8 Å². The van der Waals surface area contributed by atoms with Gasteiger partial charge in [-0.25, -0.2) is 4.79 Å². The number of hydrogen-bond acceptors (Lipinski definition) is 4. The molecule has 0 fully saturated rings. The number of carbonyl (C=O) groups is 1. The number of ether oxygens (including phenoxy) is 1. The molecule has 5 nitrogen and oxygen atoms in total. The summed E-state index contributed by atoms with van der Waals surface area (Å²) in [5.74, 6) is 0. The van der Waals surface area contributed by atoms with Crippen LogP contribution in [0.3, 0.4) is 0 Å². The van der Waals surface area contributed by atoms with Crippen LogP contribution in [0, 0.1) is 0 Å². The average Bonchev–Trinajstić information content (AvgIpc) is 2.86. The molecule has 1 amide bonds. The molecule has 0 aliphatic carbocycles. The van der Waals surface area contributed by atoms with Crippen molar-refractivity contribution in [3.63, 3.8) is 0 Å². The van der Waals surface area contributed by atoms with Crippen molar-refractivity contribution in [3.8, 4) is 0 Å². The standard InChI is InChI=1S/C19H29BNO4/c1-17(2,3)24-16(22)21-11-13-9-8-10-15(14(13)12-21)20-25-19(6,7)18(4,5)23/h8-10,23H,11-12H2,1-7H3. The molecule has 25 heavy (non-hydrogen) atoms. The molecule has 1 aromatic rings. The smallest absolute Gasteiger partial charge is 0.410 e. The lowest BCUT2D eigenvalue weighted by atomic mass is 9.79. The van der Waals surface area contributed by atoms with Gasteiger partial charge in [0.25, 0.3) is 0 Å². The van der Waals surface area contributed by atoms with E-state index in [0.717, 1.165) is 16.6 Å². The highest BCUT2D eigenvalue weighted by Gasteiger charge is 2.36. The fraction of sp³-hybridized carbons (Fsp3) is 0.632. The third-order valence-corrected chi connectivity index (χ3v) is 4.63. The topological polar surface area (TPSA) is 59.0 Å². The van der Waals surface area contributed by atoms with E-state index in [2.05, 4.69) is 0 Å². The SMILES string of the molecule is CC(C)(C)OC(=O)N1Cc2cccc([B]OC(C)(C)C(C)(C)O)c2C1. The molecule has 1 radical (unpaired) electrons. The average molecular weight is 346 g/mol. The van der Waals surface area contributed by atoms with Crippen LogP contribution in [0.5, 0.6) is 0 Å². The minimum absolute atomic E-state index is 0.313. The number of benzene rings is 1. The molecular formula is C19H29BNO4. The van der Waals surface area contributed by atoms with E-state index in [9.17, 15) is 9.90 Å². The van der Waals surface area contributed by atoms with Crippen LogP contribution >= 0.6 is 0 Å². The first-order valence-electron chi connectivity index (χ1n) is 8.62. The van der Waals surface area contributed by atoms with E-state index in [0.29, 0.717) is 13.1 Å². The van der Waals surface area contributed by atoms with Gasteiger partial charge in [0.2, 0.25) is 0 Å². The molecule has 0 bridgehead atoms. The van der Waals surface area contributed by atoms with Gasteiger partial charge in [0.1, 0.15) is 5.60 Å². The van der Waals surface area contributed by atoms with E-state index in [-0.39, 0.29) is 6.09 Å². The maximum atomic E-state index is 12.3. The Labute approximate surface area is 151 Å². The second kappa shape index (κ2) is 6.65. The lowest BCUT2D eigenvalue weighted by molar-refractivity contribution is -0.0893. The molecule has 0 unspecified atom stereocenters. The van der Waals surface area contributed by atoms with Crippen molar-refractivity contribution in [3.05, 3.63) is 29.3 Å². The van der Waals surface area contributed by atoms with E-state index in [1.54, 1.807) is 26.2 Å². The first-order valence-corrected chi connectivity index (χ1v) is 8.62. The molecule has 0 saturated heterocycles. The summed E-state index contributed by atoms with van der Waals surface area (Å²) >= 11 is 0. The third-order valence-electron chi connectivity index (χ3n) is 4.63. The molecule has 137 valence electrons. The zero-order valence-corrected chi connectivity index (χ0v) is 16.3. The Kier molecular flexibility index (Phi) is 5.27. The zero-order chi connectivity index (χ0) is 19.0. The summed E-state index contributed by atoms with van der Waals surface area (Å²) in [7, 11) is 1.68. The van der Waals surface area contributed by atoms with E-state index >= 15 is 0 Å². The Morgan fingerprint density at radius 3 is 2.32 bits per heavy atom. The number of amides is 1. The molecule has 1 aromatic carbocycles. The Morgan fingerprint density at radius 1 is 1.12 bits per heavy atom. The van der Waals surface area contributed by atoms with Gasteiger partial charge in [0.15, 0.2) is 0 Å². The van der Waals surface area contributed by atoms with Crippen LogP contribution in [-0.2, 0) is 22.5 Å². The fourth-order valence-electron chi connectivity index (χ4n) is 2.37. The largest absolute Gasteiger partial charge is 0.444 e. The summed E-state index contributed by atoms with van der Waals surface area (Å²) < 4.78 is 11.3. The maximum absolute atomic E-state index is 12.3. The molecule has 0 spiro atoms. The van der Waals surface area contributed by atoms with Crippen molar-refractivity contribution in [2.75, 3.05) is 0 Å². The zero-order valence-electron chi connectivity index (χ0n) is 16.3. The van der Waals surface area contributed by atoms with Crippen LogP contribution < -0.4 is 5.46 Å². The lowest BCUT2D eigenvalue weighted by Crippen LogP contribution is -2.49. The number of hydrogen-bond donors (Lipinski definition) is 1. The van der Waals surface area contributed by atoms with Crippen molar-refractivity contribution in [2.45, 2.75) is 78.4 Å². The van der Waals surface area contributed by atoms with Crippen molar-refractivity contribution in [1.82, 2.24) is 4.90 Å². The monoisotopic (exact) mass is 346 g/mol. The van der Waals surface area contributed by atoms with E-state index in [1.807, 2.05) is 52.8 Å². The second-order valence-electron chi connectivity index (χ2n) is 8.63. The minimum Gasteiger partial charge on any atom is -0.444 e. The number of fused-ring (bicyclic) bond motifs is 1. The molecule has 1 aliphatic heterocycles. The fourth-order valence-corrected chi connectivity index (χ4v) is 2.37. The van der Waals surface area contributed by atoms with Gasteiger partial charge in [-0.2, -0.15) is 0 Å². The molecule has 6 heteroatoms. The summed E-state index contributed by atoms with van der Waals surface area (Å²) in [4.78, 5) is 14.0. The van der Waals surface area contributed by atoms with Crippen molar-refractivity contribution in [2.24, 2.45) is 0 Å². The Bertz CT molecular complexity index is 644. The summed E-state index contributed by atoms with van der Waals surface area (Å²) in [5, 5.41) is 10.2. The molecule has 0 atom stereocenters. The lowest BCUT2D eigenvalue weighted by Gasteiger charge is -2.37. The summed E-state index contributed by atoms with van der Waals surface area (Å²) in [6, 6.07) is 5.92. The second-order valence-corrected chi connectivity index (χ2v) is 8.63. The summed E-state index contributed by atoms with van der Waals surface area (Å²) in [6.45, 7) is 13.7.